The summed E-state index contributed by atoms with van der Waals surface area (Å²) >= 11 is 5.88. The Morgan fingerprint density at radius 1 is 1.40 bits per heavy atom. The van der Waals surface area contributed by atoms with E-state index in [0.29, 0.717) is 10.9 Å². The first-order valence-corrected chi connectivity index (χ1v) is 4.58. The molecule has 0 radical (unpaired) electrons. The second-order valence-corrected chi connectivity index (χ2v) is 3.40. The average molecular weight is 220 g/mol. The van der Waals surface area contributed by atoms with E-state index in [-0.39, 0.29) is 5.89 Å². The predicted octanol–water partition coefficient (Wildman–Crippen LogP) is 2.57. The number of nitriles is 1. The predicted molar refractivity (Wildman–Crippen MR) is 54.2 cm³/mol. The van der Waals surface area contributed by atoms with Crippen LogP contribution in [0.1, 0.15) is 11.5 Å². The minimum Gasteiger partial charge on any atom is -0.408 e. The van der Waals surface area contributed by atoms with Gasteiger partial charge in [0.05, 0.1) is 0 Å². The molecule has 0 fully saturated rings. The Morgan fingerprint density at radius 2 is 2.20 bits per heavy atom. The molecule has 0 bridgehead atoms. The number of hydrogen-bond donors (Lipinski definition) is 0. The Hall–Kier alpha value is -1.86. The van der Waals surface area contributed by atoms with Gasteiger partial charge < -0.3 is 4.42 Å². The van der Waals surface area contributed by atoms with Crippen LogP contribution in [0.15, 0.2) is 22.6 Å². The first-order chi connectivity index (χ1) is 7.20. The quantitative estimate of drug-likeness (QED) is 0.740. The Labute approximate surface area is 91.1 Å². The molecule has 2 rings (SSSR count). The van der Waals surface area contributed by atoms with Crippen molar-refractivity contribution in [2.45, 2.75) is 6.92 Å². The highest BCUT2D eigenvalue weighted by Crippen LogP contribution is 2.23. The van der Waals surface area contributed by atoms with Crippen molar-refractivity contribution in [3.8, 4) is 17.5 Å². The zero-order valence-electron chi connectivity index (χ0n) is 7.86. The number of aromatic nitrogens is 2. The standard InChI is InChI=1S/C10H6ClN3O/c1-6-4-7(2-3-8(6)11)10-14-13-9(5-12)15-10/h2-4H,1H3. The molecule has 0 saturated heterocycles. The third-order valence-electron chi connectivity index (χ3n) is 1.93. The van der Waals surface area contributed by atoms with Gasteiger partial charge in [0.25, 0.3) is 0 Å². The molecular formula is C10H6ClN3O. The summed E-state index contributed by atoms with van der Waals surface area (Å²) in [5, 5.41) is 16.5. The molecule has 0 N–H and O–H groups in total. The molecular weight excluding hydrogens is 214 g/mol. The molecule has 0 aliphatic heterocycles. The van der Waals surface area contributed by atoms with Crippen molar-refractivity contribution in [3.05, 3.63) is 34.7 Å². The first-order valence-electron chi connectivity index (χ1n) is 4.21. The Balaban J connectivity index is 2.46. The van der Waals surface area contributed by atoms with Crippen LogP contribution in [0.4, 0.5) is 0 Å². The Bertz CT molecular complexity index is 542. The maximum atomic E-state index is 8.53. The maximum Gasteiger partial charge on any atom is 0.321 e. The molecule has 1 aromatic carbocycles. The topological polar surface area (TPSA) is 62.7 Å². The zero-order chi connectivity index (χ0) is 10.8. The van der Waals surface area contributed by atoms with Gasteiger partial charge in [-0.15, -0.1) is 5.10 Å². The van der Waals surface area contributed by atoms with Crippen molar-refractivity contribution < 1.29 is 4.42 Å². The molecule has 5 heteroatoms. The van der Waals surface area contributed by atoms with E-state index in [1.807, 2.05) is 13.0 Å². The van der Waals surface area contributed by atoms with E-state index >= 15 is 0 Å². The van der Waals surface area contributed by atoms with Crippen molar-refractivity contribution in [2.75, 3.05) is 0 Å². The summed E-state index contributed by atoms with van der Waals surface area (Å²) in [5.41, 5.74) is 1.68. The van der Waals surface area contributed by atoms with Gasteiger partial charge in [-0.25, -0.2) is 0 Å². The van der Waals surface area contributed by atoms with Gasteiger partial charge >= 0.3 is 5.89 Å². The zero-order valence-corrected chi connectivity index (χ0v) is 8.62. The summed E-state index contributed by atoms with van der Waals surface area (Å²) in [6.45, 7) is 1.88. The normalized spacial score (nSPS) is 9.93. The summed E-state index contributed by atoms with van der Waals surface area (Å²) in [4.78, 5) is 0. The van der Waals surface area contributed by atoms with E-state index in [2.05, 4.69) is 10.2 Å². The molecule has 0 saturated carbocycles. The van der Waals surface area contributed by atoms with Crippen LogP contribution in [0.3, 0.4) is 0 Å². The van der Waals surface area contributed by atoms with Crippen LogP contribution in [0.25, 0.3) is 11.5 Å². The molecule has 0 aliphatic rings. The highest BCUT2D eigenvalue weighted by atomic mass is 35.5. The highest BCUT2D eigenvalue weighted by Gasteiger charge is 2.08. The molecule has 74 valence electrons. The van der Waals surface area contributed by atoms with Crippen LogP contribution in [0.5, 0.6) is 0 Å². The second kappa shape index (κ2) is 3.71. The molecule has 0 atom stereocenters. The summed E-state index contributed by atoms with van der Waals surface area (Å²) in [6.07, 6.45) is 0. The van der Waals surface area contributed by atoms with Crippen molar-refractivity contribution in [3.63, 3.8) is 0 Å². The molecule has 2 aromatic rings. The summed E-state index contributed by atoms with van der Waals surface area (Å²) in [5.74, 6) is 0.281. The van der Waals surface area contributed by atoms with Crippen LogP contribution >= 0.6 is 11.6 Å². The number of halogens is 1. The van der Waals surface area contributed by atoms with E-state index in [9.17, 15) is 0 Å². The minimum atomic E-state index is -0.0439. The van der Waals surface area contributed by atoms with Crippen molar-refractivity contribution in [2.24, 2.45) is 0 Å². The average Bonchev–Trinajstić information content (AvgIpc) is 2.70. The molecule has 1 aromatic heterocycles. The van der Waals surface area contributed by atoms with Gasteiger partial charge in [-0.1, -0.05) is 16.7 Å². The fraction of sp³-hybridized carbons (Fsp3) is 0.100. The van der Waals surface area contributed by atoms with Crippen molar-refractivity contribution in [1.29, 1.82) is 5.26 Å². The van der Waals surface area contributed by atoms with Crippen molar-refractivity contribution >= 4 is 11.6 Å². The summed E-state index contributed by atoms with van der Waals surface area (Å²) in [6, 6.07) is 7.13. The second-order valence-electron chi connectivity index (χ2n) is 2.99. The van der Waals surface area contributed by atoms with E-state index in [1.165, 1.54) is 0 Å². The lowest BCUT2D eigenvalue weighted by Crippen LogP contribution is -1.80. The first kappa shape index (κ1) is 9.69. The van der Waals surface area contributed by atoms with Gasteiger partial charge in [0.15, 0.2) is 6.07 Å². The highest BCUT2D eigenvalue weighted by molar-refractivity contribution is 6.31. The molecule has 0 spiro atoms. The Kier molecular flexibility index (Phi) is 2.40. The number of nitrogens with zero attached hydrogens (tertiary/aromatic N) is 3. The molecule has 0 unspecified atom stereocenters. The number of aryl methyl sites for hydroxylation is 1. The van der Waals surface area contributed by atoms with Gasteiger partial charge in [0, 0.05) is 10.6 Å². The van der Waals surface area contributed by atoms with Crippen LogP contribution in [0.2, 0.25) is 5.02 Å². The lowest BCUT2D eigenvalue weighted by Gasteiger charge is -1.98. The van der Waals surface area contributed by atoms with Crippen LogP contribution in [0, 0.1) is 18.3 Å². The SMILES string of the molecule is Cc1cc(-c2nnc(C#N)o2)ccc1Cl. The lowest BCUT2D eigenvalue weighted by atomic mass is 10.1. The largest absolute Gasteiger partial charge is 0.408 e. The van der Waals surface area contributed by atoms with E-state index in [0.717, 1.165) is 11.1 Å². The molecule has 4 nitrogen and oxygen atoms in total. The third kappa shape index (κ3) is 1.83. The monoisotopic (exact) mass is 219 g/mol. The number of benzene rings is 1. The third-order valence-corrected chi connectivity index (χ3v) is 2.35. The van der Waals surface area contributed by atoms with E-state index in [1.54, 1.807) is 18.2 Å². The molecule has 0 aliphatic carbocycles. The van der Waals surface area contributed by atoms with Gasteiger partial charge in [0.1, 0.15) is 0 Å². The van der Waals surface area contributed by atoms with Gasteiger partial charge in [-0.2, -0.15) is 5.26 Å². The van der Waals surface area contributed by atoms with Crippen LogP contribution in [-0.4, -0.2) is 10.2 Å². The fourth-order valence-electron chi connectivity index (χ4n) is 1.16. The Morgan fingerprint density at radius 3 is 2.80 bits per heavy atom. The minimum absolute atomic E-state index is 0.0439. The maximum absolute atomic E-state index is 8.53. The summed E-state index contributed by atoms with van der Waals surface area (Å²) in [7, 11) is 0. The van der Waals surface area contributed by atoms with E-state index in [4.69, 9.17) is 21.3 Å². The fourth-order valence-corrected chi connectivity index (χ4v) is 1.28. The van der Waals surface area contributed by atoms with Crippen LogP contribution < -0.4 is 0 Å². The summed E-state index contributed by atoms with van der Waals surface area (Å²) < 4.78 is 5.09. The van der Waals surface area contributed by atoms with Gasteiger partial charge in [0.2, 0.25) is 5.89 Å². The molecule has 1 heterocycles. The molecule has 15 heavy (non-hydrogen) atoms. The van der Waals surface area contributed by atoms with Gasteiger partial charge in [-0.3, -0.25) is 0 Å². The smallest absolute Gasteiger partial charge is 0.321 e. The van der Waals surface area contributed by atoms with Crippen LogP contribution in [-0.2, 0) is 0 Å². The van der Waals surface area contributed by atoms with E-state index < -0.39 is 0 Å². The number of hydrogen-bond acceptors (Lipinski definition) is 4. The van der Waals surface area contributed by atoms with Crippen molar-refractivity contribution in [1.82, 2.24) is 10.2 Å². The number of rotatable bonds is 1. The van der Waals surface area contributed by atoms with Gasteiger partial charge in [-0.05, 0) is 30.7 Å². The lowest BCUT2D eigenvalue weighted by molar-refractivity contribution is 0.553. The molecule has 0 amide bonds.